The van der Waals surface area contributed by atoms with Crippen LogP contribution in [0, 0.1) is 0 Å². The summed E-state index contributed by atoms with van der Waals surface area (Å²) < 4.78 is 11.7. The van der Waals surface area contributed by atoms with Gasteiger partial charge in [0.25, 0.3) is 11.1 Å². The molecule has 1 N–H and O–H groups in total. The summed E-state index contributed by atoms with van der Waals surface area (Å²) in [6.45, 7) is 0.430. The Morgan fingerprint density at radius 2 is 1.76 bits per heavy atom. The number of carbonyl (C=O) groups excluding carboxylic acids is 1. The number of hydrogen-bond donors (Lipinski definition) is 1. The van der Waals surface area contributed by atoms with Crippen molar-refractivity contribution in [1.29, 1.82) is 0 Å². The van der Waals surface area contributed by atoms with Crippen LogP contribution < -0.4 is 10.2 Å². The number of oxazole rings is 1. The summed E-state index contributed by atoms with van der Waals surface area (Å²) in [6.07, 6.45) is 1.58. The van der Waals surface area contributed by atoms with Crippen molar-refractivity contribution in [2.45, 2.75) is 11.8 Å². The molecule has 0 saturated carbocycles. The van der Waals surface area contributed by atoms with Crippen molar-refractivity contribution in [3.05, 3.63) is 102 Å². The molecule has 0 saturated heterocycles. The molecule has 0 aliphatic rings. The minimum Gasteiger partial charge on any atom is -0.488 e. The van der Waals surface area contributed by atoms with Gasteiger partial charge in [-0.2, -0.15) is 5.10 Å². The number of fused-ring (bicyclic) bond motifs is 2. The zero-order chi connectivity index (χ0) is 23.2. The average molecular weight is 468 g/mol. The first-order valence-corrected chi connectivity index (χ1v) is 11.7. The second-order valence-corrected chi connectivity index (χ2v) is 8.42. The molecule has 7 heteroatoms. The van der Waals surface area contributed by atoms with Crippen molar-refractivity contribution in [2.75, 3.05) is 5.75 Å². The fraction of sp³-hybridized carbons (Fsp3) is 0.0741. The van der Waals surface area contributed by atoms with Gasteiger partial charge in [-0.3, -0.25) is 4.79 Å². The second-order valence-electron chi connectivity index (χ2n) is 7.49. The van der Waals surface area contributed by atoms with Gasteiger partial charge in [-0.15, -0.1) is 0 Å². The van der Waals surface area contributed by atoms with Crippen molar-refractivity contribution < 1.29 is 13.9 Å². The van der Waals surface area contributed by atoms with Gasteiger partial charge in [-0.25, -0.2) is 10.4 Å². The topological polar surface area (TPSA) is 76.7 Å². The van der Waals surface area contributed by atoms with Crippen LogP contribution >= 0.6 is 11.8 Å². The van der Waals surface area contributed by atoms with E-state index in [0.29, 0.717) is 23.2 Å². The van der Waals surface area contributed by atoms with Crippen LogP contribution in [0.5, 0.6) is 5.75 Å². The molecule has 0 spiro atoms. The molecule has 34 heavy (non-hydrogen) atoms. The molecule has 168 valence electrons. The smallest absolute Gasteiger partial charge is 0.257 e. The molecular formula is C27H21N3O3S. The summed E-state index contributed by atoms with van der Waals surface area (Å²) >= 11 is 1.22. The van der Waals surface area contributed by atoms with Gasteiger partial charge in [0.15, 0.2) is 5.58 Å². The molecule has 4 aromatic carbocycles. The van der Waals surface area contributed by atoms with Gasteiger partial charge in [0.05, 0.1) is 12.0 Å². The number of thioether (sulfide) groups is 1. The number of hydrazone groups is 1. The number of ether oxygens (including phenoxy) is 1. The number of carbonyl (C=O) groups is 1. The van der Waals surface area contributed by atoms with Crippen LogP contribution in [0.15, 0.2) is 106 Å². The molecule has 5 rings (SSSR count). The van der Waals surface area contributed by atoms with Gasteiger partial charge < -0.3 is 9.15 Å². The molecule has 6 nitrogen and oxygen atoms in total. The Morgan fingerprint density at radius 3 is 2.71 bits per heavy atom. The third kappa shape index (κ3) is 5.10. The van der Waals surface area contributed by atoms with Gasteiger partial charge in [0.2, 0.25) is 0 Å². The maximum Gasteiger partial charge on any atom is 0.257 e. The SMILES string of the molecule is O=C(CSc1nc2ccccc2o1)N/N=C\c1ccccc1OCc1cccc2ccccc12. The van der Waals surface area contributed by atoms with Crippen molar-refractivity contribution in [3.8, 4) is 5.75 Å². The Balaban J connectivity index is 1.18. The predicted molar refractivity (Wildman–Crippen MR) is 135 cm³/mol. The Morgan fingerprint density at radius 1 is 0.971 bits per heavy atom. The molecule has 0 radical (unpaired) electrons. The largest absolute Gasteiger partial charge is 0.488 e. The monoisotopic (exact) mass is 467 g/mol. The van der Waals surface area contributed by atoms with Gasteiger partial charge in [0.1, 0.15) is 17.9 Å². The first-order valence-electron chi connectivity index (χ1n) is 10.7. The maximum atomic E-state index is 12.2. The van der Waals surface area contributed by atoms with Crippen molar-refractivity contribution in [3.63, 3.8) is 0 Å². The minimum atomic E-state index is -0.252. The lowest BCUT2D eigenvalue weighted by atomic mass is 10.1. The second kappa shape index (κ2) is 10.2. The lowest BCUT2D eigenvalue weighted by molar-refractivity contribution is -0.118. The number of rotatable bonds is 8. The highest BCUT2D eigenvalue weighted by Gasteiger charge is 2.09. The van der Waals surface area contributed by atoms with E-state index in [4.69, 9.17) is 9.15 Å². The zero-order valence-corrected chi connectivity index (χ0v) is 19.0. The Kier molecular flexibility index (Phi) is 6.54. The highest BCUT2D eigenvalue weighted by molar-refractivity contribution is 7.99. The number of aromatic nitrogens is 1. The summed E-state index contributed by atoms with van der Waals surface area (Å²) in [5, 5.41) is 6.89. The van der Waals surface area contributed by atoms with Crippen molar-refractivity contribution in [1.82, 2.24) is 10.4 Å². The molecule has 0 fully saturated rings. The average Bonchev–Trinajstić information content (AvgIpc) is 3.30. The number of nitrogens with zero attached hydrogens (tertiary/aromatic N) is 2. The maximum absolute atomic E-state index is 12.2. The van der Waals surface area contributed by atoms with Crippen LogP contribution in [0.3, 0.4) is 0 Å². The number of para-hydroxylation sites is 3. The van der Waals surface area contributed by atoms with Crippen LogP contribution in [0.2, 0.25) is 0 Å². The van der Waals surface area contributed by atoms with Crippen LogP contribution in [0.1, 0.15) is 11.1 Å². The van der Waals surface area contributed by atoms with Gasteiger partial charge in [-0.1, -0.05) is 78.5 Å². The van der Waals surface area contributed by atoms with Gasteiger partial charge in [-0.05, 0) is 40.6 Å². The Labute approximate surface area is 200 Å². The molecule has 1 amide bonds. The third-order valence-corrected chi connectivity index (χ3v) is 6.00. The summed E-state index contributed by atoms with van der Waals surface area (Å²) in [4.78, 5) is 16.5. The molecule has 5 aromatic rings. The molecule has 0 unspecified atom stereocenters. The van der Waals surface area contributed by atoms with Gasteiger partial charge >= 0.3 is 0 Å². The zero-order valence-electron chi connectivity index (χ0n) is 18.2. The number of amides is 1. The fourth-order valence-electron chi connectivity index (χ4n) is 3.54. The lowest BCUT2D eigenvalue weighted by Gasteiger charge is -2.11. The molecule has 1 aromatic heterocycles. The summed E-state index contributed by atoms with van der Waals surface area (Å²) in [5.74, 6) is 0.579. The van der Waals surface area contributed by atoms with E-state index < -0.39 is 0 Å². The first-order chi connectivity index (χ1) is 16.8. The molecule has 0 atom stereocenters. The quantitative estimate of drug-likeness (QED) is 0.177. The van der Waals surface area contributed by atoms with E-state index in [1.54, 1.807) is 6.21 Å². The van der Waals surface area contributed by atoms with E-state index in [1.165, 1.54) is 22.5 Å². The van der Waals surface area contributed by atoms with E-state index >= 15 is 0 Å². The van der Waals surface area contributed by atoms with E-state index in [2.05, 4.69) is 39.8 Å². The van der Waals surface area contributed by atoms with E-state index in [1.807, 2.05) is 66.7 Å². The Bertz CT molecular complexity index is 1440. The van der Waals surface area contributed by atoms with Crippen LogP contribution in [-0.4, -0.2) is 22.9 Å². The molecule has 0 bridgehead atoms. The number of hydrogen-bond acceptors (Lipinski definition) is 6. The predicted octanol–water partition coefficient (Wildman–Crippen LogP) is 5.80. The van der Waals surface area contributed by atoms with Crippen LogP contribution in [0.4, 0.5) is 0 Å². The third-order valence-electron chi connectivity index (χ3n) is 5.18. The number of nitrogens with one attached hydrogen (secondary N) is 1. The minimum absolute atomic E-state index is 0.142. The molecular weight excluding hydrogens is 446 g/mol. The molecule has 0 aliphatic heterocycles. The van der Waals surface area contributed by atoms with Crippen molar-refractivity contribution in [2.24, 2.45) is 5.10 Å². The van der Waals surface area contributed by atoms with Crippen LogP contribution in [0.25, 0.3) is 21.9 Å². The molecule has 1 heterocycles. The highest BCUT2D eigenvalue weighted by atomic mass is 32.2. The van der Waals surface area contributed by atoms with E-state index in [-0.39, 0.29) is 11.7 Å². The molecule has 0 aliphatic carbocycles. The fourth-order valence-corrected chi connectivity index (χ4v) is 4.17. The van der Waals surface area contributed by atoms with Crippen molar-refractivity contribution >= 4 is 45.8 Å². The van der Waals surface area contributed by atoms with E-state index in [9.17, 15) is 4.79 Å². The summed E-state index contributed by atoms with van der Waals surface area (Å²) in [7, 11) is 0. The van der Waals surface area contributed by atoms with Crippen LogP contribution in [-0.2, 0) is 11.4 Å². The first kappa shape index (κ1) is 21.7. The van der Waals surface area contributed by atoms with Gasteiger partial charge in [0, 0.05) is 5.56 Å². The highest BCUT2D eigenvalue weighted by Crippen LogP contribution is 2.24. The van der Waals surface area contributed by atoms with E-state index in [0.717, 1.165) is 16.6 Å². The number of benzene rings is 4. The summed E-state index contributed by atoms with van der Waals surface area (Å²) in [6, 6.07) is 29.5. The Hall–Kier alpha value is -4.10. The lowest BCUT2D eigenvalue weighted by Crippen LogP contribution is -2.19. The summed E-state index contributed by atoms with van der Waals surface area (Å²) in [5.41, 5.74) is 5.89. The standard InChI is InChI=1S/C27H21N3O3S/c31-26(18-34-27-29-23-13-4-6-15-25(23)33-27)30-28-16-20-9-2-5-14-24(20)32-17-21-11-7-10-19-8-1-3-12-22(19)21/h1-16H,17-18H2,(H,30,31)/b28-16-. The normalized spacial score (nSPS) is 11.3.